The lowest BCUT2D eigenvalue weighted by molar-refractivity contribution is 0.474. The lowest BCUT2D eigenvalue weighted by atomic mass is 10.1. The molecule has 0 aliphatic carbocycles. The van der Waals surface area contributed by atoms with E-state index in [0.717, 1.165) is 48.4 Å². The SMILES string of the molecule is CN(C)c1ccc(C=NCCCCCCCCCCCCN=Cc2ccc(N(C)C)cc2O)c(O)c1. The number of rotatable bonds is 17. The molecule has 6 nitrogen and oxygen atoms in total. The minimum absolute atomic E-state index is 0.281. The van der Waals surface area contributed by atoms with Crippen LogP contribution in [0.5, 0.6) is 11.5 Å². The van der Waals surface area contributed by atoms with E-state index >= 15 is 0 Å². The van der Waals surface area contributed by atoms with Gasteiger partial charge < -0.3 is 20.0 Å². The quantitative estimate of drug-likeness (QED) is 0.190. The molecule has 6 heteroatoms. The molecule has 0 atom stereocenters. The van der Waals surface area contributed by atoms with E-state index in [-0.39, 0.29) is 11.5 Å². The van der Waals surface area contributed by atoms with Crippen LogP contribution in [-0.2, 0) is 0 Å². The zero-order chi connectivity index (χ0) is 26.2. The second-order valence-electron chi connectivity index (χ2n) is 9.88. The van der Waals surface area contributed by atoms with Gasteiger partial charge in [0.05, 0.1) is 0 Å². The number of aliphatic imine (C=N–C) groups is 2. The average Bonchev–Trinajstić information content (AvgIpc) is 2.85. The van der Waals surface area contributed by atoms with Crippen LogP contribution in [0.25, 0.3) is 0 Å². The van der Waals surface area contributed by atoms with Gasteiger partial charge in [-0.15, -0.1) is 0 Å². The lowest BCUT2D eigenvalue weighted by Gasteiger charge is -2.13. The van der Waals surface area contributed by atoms with Crippen LogP contribution in [0, 0.1) is 0 Å². The molecule has 2 aromatic rings. The summed E-state index contributed by atoms with van der Waals surface area (Å²) in [4.78, 5) is 12.9. The highest BCUT2D eigenvalue weighted by atomic mass is 16.3. The summed E-state index contributed by atoms with van der Waals surface area (Å²) >= 11 is 0. The molecule has 0 unspecified atom stereocenters. The van der Waals surface area contributed by atoms with Crippen LogP contribution in [0.3, 0.4) is 0 Å². The van der Waals surface area contributed by atoms with Gasteiger partial charge in [0.2, 0.25) is 0 Å². The molecular formula is C30H46N4O2. The molecule has 0 fully saturated rings. The van der Waals surface area contributed by atoms with Gasteiger partial charge in [0.1, 0.15) is 11.5 Å². The maximum Gasteiger partial charge on any atom is 0.126 e. The van der Waals surface area contributed by atoms with E-state index in [2.05, 4.69) is 9.98 Å². The first-order valence-electron chi connectivity index (χ1n) is 13.4. The van der Waals surface area contributed by atoms with Crippen molar-refractivity contribution in [2.24, 2.45) is 9.98 Å². The van der Waals surface area contributed by atoms with E-state index in [9.17, 15) is 10.2 Å². The number of benzene rings is 2. The van der Waals surface area contributed by atoms with Gasteiger partial charge in [0.25, 0.3) is 0 Å². The Hall–Kier alpha value is -3.02. The predicted octanol–water partition coefficient (Wildman–Crippen LogP) is 6.67. The minimum atomic E-state index is 0.281. The molecule has 2 rings (SSSR count). The Balaban J connectivity index is 1.42. The van der Waals surface area contributed by atoms with Crippen LogP contribution in [-0.4, -0.2) is 63.9 Å². The Morgan fingerprint density at radius 1 is 0.556 bits per heavy atom. The maximum absolute atomic E-state index is 10.1. The lowest BCUT2D eigenvalue weighted by Crippen LogP contribution is -2.08. The third kappa shape index (κ3) is 11.1. The summed E-state index contributed by atoms with van der Waals surface area (Å²) in [5.41, 5.74) is 3.53. The van der Waals surface area contributed by atoms with Gasteiger partial charge in [-0.05, 0) is 37.1 Å². The molecular weight excluding hydrogens is 448 g/mol. The second kappa shape index (κ2) is 16.6. The molecule has 0 aromatic heterocycles. The van der Waals surface area contributed by atoms with E-state index in [4.69, 9.17) is 0 Å². The van der Waals surface area contributed by atoms with Gasteiger partial charge in [-0.3, -0.25) is 9.98 Å². The third-order valence-electron chi connectivity index (χ3n) is 6.35. The van der Waals surface area contributed by atoms with Crippen molar-refractivity contribution in [3.63, 3.8) is 0 Å². The molecule has 0 aliphatic rings. The molecule has 0 amide bonds. The Morgan fingerprint density at radius 2 is 0.889 bits per heavy atom. The van der Waals surface area contributed by atoms with E-state index in [1.165, 1.54) is 51.4 Å². The number of hydrogen-bond donors (Lipinski definition) is 2. The largest absolute Gasteiger partial charge is 0.507 e. The number of phenolic OH excluding ortho intramolecular Hbond substituents is 2. The van der Waals surface area contributed by atoms with Crippen molar-refractivity contribution in [2.75, 3.05) is 51.1 Å². The van der Waals surface area contributed by atoms with Crippen molar-refractivity contribution < 1.29 is 10.2 Å². The Morgan fingerprint density at radius 3 is 1.19 bits per heavy atom. The molecule has 36 heavy (non-hydrogen) atoms. The minimum Gasteiger partial charge on any atom is -0.507 e. The molecule has 198 valence electrons. The number of anilines is 2. The van der Waals surface area contributed by atoms with Gasteiger partial charge in [-0.1, -0.05) is 51.4 Å². The van der Waals surface area contributed by atoms with Crippen LogP contribution in [0.15, 0.2) is 46.4 Å². The fourth-order valence-corrected chi connectivity index (χ4v) is 3.98. The molecule has 0 heterocycles. The number of unbranched alkanes of at least 4 members (excludes halogenated alkanes) is 9. The molecule has 0 aliphatic heterocycles. The van der Waals surface area contributed by atoms with E-state index in [1.54, 1.807) is 24.6 Å². The summed E-state index contributed by atoms with van der Waals surface area (Å²) in [6.07, 6.45) is 16.0. The van der Waals surface area contributed by atoms with Crippen molar-refractivity contribution in [3.05, 3.63) is 47.5 Å². The summed E-state index contributed by atoms with van der Waals surface area (Å²) in [7, 11) is 7.84. The highest BCUT2D eigenvalue weighted by Gasteiger charge is 2.03. The molecule has 0 bridgehead atoms. The number of hydrogen-bond acceptors (Lipinski definition) is 6. The fourth-order valence-electron chi connectivity index (χ4n) is 3.98. The van der Waals surface area contributed by atoms with Crippen LogP contribution >= 0.6 is 0 Å². The standard InChI is InChI=1S/C30H46N4O2/c1-33(2)27-17-15-25(29(35)21-27)23-31-19-13-11-9-7-5-6-8-10-12-14-20-32-24-26-16-18-28(34(3)4)22-30(26)36/h15-18,21-24,35-36H,5-14,19-20H2,1-4H3. The van der Waals surface area contributed by atoms with Crippen molar-refractivity contribution >= 4 is 23.8 Å². The Kier molecular flexibility index (Phi) is 13.5. The summed E-state index contributed by atoms with van der Waals surface area (Å²) < 4.78 is 0. The maximum atomic E-state index is 10.1. The molecule has 0 spiro atoms. The first-order chi connectivity index (χ1) is 17.4. The van der Waals surface area contributed by atoms with Crippen molar-refractivity contribution in [1.82, 2.24) is 0 Å². The third-order valence-corrected chi connectivity index (χ3v) is 6.35. The van der Waals surface area contributed by atoms with Gasteiger partial charge in [0, 0.05) is 88.3 Å². The highest BCUT2D eigenvalue weighted by Crippen LogP contribution is 2.23. The fraction of sp³-hybridized carbons (Fsp3) is 0.533. The number of nitrogens with zero attached hydrogens (tertiary/aromatic N) is 4. The molecule has 0 radical (unpaired) electrons. The van der Waals surface area contributed by atoms with E-state index in [0.29, 0.717) is 0 Å². The van der Waals surface area contributed by atoms with Crippen LogP contribution in [0.2, 0.25) is 0 Å². The molecule has 2 N–H and O–H groups in total. The number of aromatic hydroxyl groups is 2. The van der Waals surface area contributed by atoms with E-state index in [1.807, 2.05) is 62.3 Å². The summed E-state index contributed by atoms with van der Waals surface area (Å²) in [5, 5.41) is 20.2. The smallest absolute Gasteiger partial charge is 0.126 e. The normalized spacial score (nSPS) is 11.6. The van der Waals surface area contributed by atoms with Gasteiger partial charge in [-0.2, -0.15) is 0 Å². The molecule has 2 aromatic carbocycles. The second-order valence-corrected chi connectivity index (χ2v) is 9.88. The van der Waals surface area contributed by atoms with Crippen molar-refractivity contribution in [1.29, 1.82) is 0 Å². The first kappa shape index (κ1) is 29.2. The van der Waals surface area contributed by atoms with Gasteiger partial charge in [0.15, 0.2) is 0 Å². The van der Waals surface area contributed by atoms with Gasteiger partial charge in [-0.25, -0.2) is 0 Å². The van der Waals surface area contributed by atoms with Crippen LogP contribution in [0.4, 0.5) is 11.4 Å². The predicted molar refractivity (Wildman–Crippen MR) is 156 cm³/mol. The zero-order valence-electron chi connectivity index (χ0n) is 22.8. The summed E-state index contributed by atoms with van der Waals surface area (Å²) in [6, 6.07) is 11.4. The number of phenols is 2. The van der Waals surface area contributed by atoms with Crippen molar-refractivity contribution in [2.45, 2.75) is 64.2 Å². The topological polar surface area (TPSA) is 71.7 Å². The van der Waals surface area contributed by atoms with Crippen LogP contribution < -0.4 is 9.80 Å². The van der Waals surface area contributed by atoms with E-state index < -0.39 is 0 Å². The zero-order valence-corrected chi connectivity index (χ0v) is 22.8. The first-order valence-corrected chi connectivity index (χ1v) is 13.4. The monoisotopic (exact) mass is 494 g/mol. The Bertz CT molecular complexity index is 876. The Labute approximate surface area is 218 Å². The molecule has 0 saturated heterocycles. The summed E-state index contributed by atoms with van der Waals surface area (Å²) in [5.74, 6) is 0.563. The van der Waals surface area contributed by atoms with Crippen molar-refractivity contribution in [3.8, 4) is 11.5 Å². The highest BCUT2D eigenvalue weighted by molar-refractivity contribution is 5.85. The average molecular weight is 495 g/mol. The van der Waals surface area contributed by atoms with Gasteiger partial charge >= 0.3 is 0 Å². The van der Waals surface area contributed by atoms with Crippen LogP contribution in [0.1, 0.15) is 75.3 Å². The summed E-state index contributed by atoms with van der Waals surface area (Å²) in [6.45, 7) is 1.64. The molecule has 0 saturated carbocycles.